The highest BCUT2D eigenvalue weighted by Gasteiger charge is 2.33. The van der Waals surface area contributed by atoms with Gasteiger partial charge in [-0.3, -0.25) is 4.79 Å². The first-order valence-corrected chi connectivity index (χ1v) is 7.51. The number of hydrogen-bond acceptors (Lipinski definition) is 3. The van der Waals surface area contributed by atoms with Crippen molar-refractivity contribution in [1.29, 1.82) is 0 Å². The van der Waals surface area contributed by atoms with Crippen LogP contribution >= 0.6 is 0 Å². The normalized spacial score (nSPS) is 26.7. The lowest BCUT2D eigenvalue weighted by atomic mass is 10.0. The molecule has 1 N–H and O–H groups in total. The van der Waals surface area contributed by atoms with Crippen LogP contribution in [0.25, 0.3) is 0 Å². The number of nitrogens with one attached hydrogen (secondary N) is 1. The molecule has 2 aliphatic rings. The minimum atomic E-state index is -0.202. The molecule has 2 atom stereocenters. The summed E-state index contributed by atoms with van der Waals surface area (Å²) in [5, 5.41) is 3.40. The fourth-order valence-electron chi connectivity index (χ4n) is 3.08. The van der Waals surface area contributed by atoms with Crippen molar-refractivity contribution >= 4 is 5.91 Å². The summed E-state index contributed by atoms with van der Waals surface area (Å²) in [5.41, 5.74) is 1.28. The van der Waals surface area contributed by atoms with E-state index >= 15 is 0 Å². The van der Waals surface area contributed by atoms with Crippen LogP contribution in [0.1, 0.15) is 18.4 Å². The molecule has 3 rings (SSSR count). The monoisotopic (exact) mass is 274 g/mol. The lowest BCUT2D eigenvalue weighted by Gasteiger charge is -2.37. The van der Waals surface area contributed by atoms with Gasteiger partial charge in [-0.1, -0.05) is 30.3 Å². The third-order valence-electron chi connectivity index (χ3n) is 4.15. The van der Waals surface area contributed by atoms with E-state index in [0.29, 0.717) is 0 Å². The van der Waals surface area contributed by atoms with Crippen LogP contribution in [-0.4, -0.2) is 49.2 Å². The van der Waals surface area contributed by atoms with E-state index in [1.54, 1.807) is 0 Å². The lowest BCUT2D eigenvalue weighted by Crippen LogP contribution is -2.56. The van der Waals surface area contributed by atoms with Gasteiger partial charge in [-0.05, 0) is 24.8 Å². The number of carbonyl (C=O) groups is 1. The van der Waals surface area contributed by atoms with Crippen molar-refractivity contribution in [2.45, 2.75) is 31.4 Å². The molecule has 1 aromatic carbocycles. The van der Waals surface area contributed by atoms with Crippen LogP contribution in [0.3, 0.4) is 0 Å². The highest BCUT2D eigenvalue weighted by molar-refractivity contribution is 5.81. The molecule has 2 heterocycles. The zero-order chi connectivity index (χ0) is 13.8. The summed E-state index contributed by atoms with van der Waals surface area (Å²) in [7, 11) is 0. The highest BCUT2D eigenvalue weighted by Crippen LogP contribution is 2.18. The third kappa shape index (κ3) is 3.02. The van der Waals surface area contributed by atoms with Crippen LogP contribution in [0, 0.1) is 0 Å². The van der Waals surface area contributed by atoms with E-state index in [1.165, 1.54) is 5.56 Å². The van der Waals surface area contributed by atoms with Gasteiger partial charge in [-0.25, -0.2) is 0 Å². The van der Waals surface area contributed by atoms with Crippen LogP contribution in [0.15, 0.2) is 30.3 Å². The van der Waals surface area contributed by atoms with Crippen LogP contribution in [0.5, 0.6) is 0 Å². The van der Waals surface area contributed by atoms with Crippen molar-refractivity contribution in [3.8, 4) is 0 Å². The number of nitrogens with zero attached hydrogens (tertiary/aromatic N) is 1. The van der Waals surface area contributed by atoms with Gasteiger partial charge >= 0.3 is 0 Å². The second-order valence-electron chi connectivity index (χ2n) is 5.58. The van der Waals surface area contributed by atoms with E-state index in [-0.39, 0.29) is 18.1 Å². The number of hydrogen-bond donors (Lipinski definition) is 1. The van der Waals surface area contributed by atoms with Crippen molar-refractivity contribution in [2.24, 2.45) is 0 Å². The molecule has 1 aromatic rings. The van der Waals surface area contributed by atoms with Gasteiger partial charge in [0.1, 0.15) is 6.10 Å². The van der Waals surface area contributed by atoms with Crippen molar-refractivity contribution < 1.29 is 9.53 Å². The molecule has 4 heteroatoms. The predicted octanol–water partition coefficient (Wildman–Crippen LogP) is 1.21. The van der Waals surface area contributed by atoms with Gasteiger partial charge in [0.2, 0.25) is 0 Å². The molecule has 2 aliphatic heterocycles. The van der Waals surface area contributed by atoms with Gasteiger partial charge in [0.05, 0.1) is 0 Å². The third-order valence-corrected chi connectivity index (χ3v) is 4.15. The molecule has 0 saturated carbocycles. The Balaban J connectivity index is 1.68. The van der Waals surface area contributed by atoms with Gasteiger partial charge in [-0.15, -0.1) is 0 Å². The number of carbonyl (C=O) groups excluding carboxylic acids is 1. The second kappa shape index (κ2) is 6.37. The van der Waals surface area contributed by atoms with Gasteiger partial charge in [0.25, 0.3) is 5.91 Å². The summed E-state index contributed by atoms with van der Waals surface area (Å²) in [6, 6.07) is 10.6. The van der Waals surface area contributed by atoms with Gasteiger partial charge in [0.15, 0.2) is 0 Å². The van der Waals surface area contributed by atoms with Crippen molar-refractivity contribution in [3.63, 3.8) is 0 Å². The number of ether oxygens (including phenoxy) is 1. The van der Waals surface area contributed by atoms with Crippen molar-refractivity contribution in [2.75, 3.05) is 26.2 Å². The Morgan fingerprint density at radius 3 is 2.95 bits per heavy atom. The second-order valence-corrected chi connectivity index (χ2v) is 5.58. The van der Waals surface area contributed by atoms with E-state index in [1.807, 2.05) is 11.0 Å². The molecule has 2 saturated heterocycles. The molecule has 20 heavy (non-hydrogen) atoms. The van der Waals surface area contributed by atoms with E-state index in [2.05, 4.69) is 29.6 Å². The molecule has 1 amide bonds. The smallest absolute Gasteiger partial charge is 0.252 e. The standard InChI is InChI=1S/C16H22N2O2/c19-16(15-7-4-10-20-15)18-9-8-17-12-14(18)11-13-5-2-1-3-6-13/h1-3,5-6,14-15,17H,4,7-12H2. The van der Waals surface area contributed by atoms with E-state index < -0.39 is 0 Å². The molecular weight excluding hydrogens is 252 g/mol. The average Bonchev–Trinajstić information content (AvgIpc) is 3.02. The molecule has 2 unspecified atom stereocenters. The first-order chi connectivity index (χ1) is 9.84. The van der Waals surface area contributed by atoms with Crippen LogP contribution in [0.4, 0.5) is 0 Å². The largest absolute Gasteiger partial charge is 0.368 e. The molecule has 4 nitrogen and oxygen atoms in total. The minimum absolute atomic E-state index is 0.185. The topological polar surface area (TPSA) is 41.6 Å². The Hall–Kier alpha value is -1.39. The number of piperazine rings is 1. The number of rotatable bonds is 3. The van der Waals surface area contributed by atoms with Gasteiger partial charge < -0.3 is 15.0 Å². The summed E-state index contributed by atoms with van der Waals surface area (Å²) in [6.45, 7) is 3.26. The molecule has 0 radical (unpaired) electrons. The van der Waals surface area contributed by atoms with Crippen LogP contribution in [-0.2, 0) is 16.0 Å². The molecular formula is C16H22N2O2. The number of benzene rings is 1. The highest BCUT2D eigenvalue weighted by atomic mass is 16.5. The summed E-state index contributed by atoms with van der Waals surface area (Å²) in [6.07, 6.45) is 2.59. The Morgan fingerprint density at radius 2 is 2.20 bits per heavy atom. The van der Waals surface area contributed by atoms with Crippen molar-refractivity contribution in [3.05, 3.63) is 35.9 Å². The lowest BCUT2D eigenvalue weighted by molar-refractivity contribution is -0.144. The summed E-state index contributed by atoms with van der Waals surface area (Å²) in [5.74, 6) is 0.185. The van der Waals surface area contributed by atoms with Gasteiger partial charge in [0, 0.05) is 32.3 Å². The van der Waals surface area contributed by atoms with E-state index in [4.69, 9.17) is 4.74 Å². The van der Waals surface area contributed by atoms with Crippen LogP contribution in [0.2, 0.25) is 0 Å². The van der Waals surface area contributed by atoms with Crippen LogP contribution < -0.4 is 5.32 Å². The predicted molar refractivity (Wildman–Crippen MR) is 77.5 cm³/mol. The Morgan fingerprint density at radius 1 is 1.35 bits per heavy atom. The average molecular weight is 274 g/mol. The minimum Gasteiger partial charge on any atom is -0.368 e. The Labute approximate surface area is 120 Å². The zero-order valence-electron chi connectivity index (χ0n) is 11.8. The Kier molecular flexibility index (Phi) is 4.33. The molecule has 0 aliphatic carbocycles. The summed E-state index contributed by atoms with van der Waals surface area (Å²) < 4.78 is 5.55. The quantitative estimate of drug-likeness (QED) is 0.901. The summed E-state index contributed by atoms with van der Waals surface area (Å²) in [4.78, 5) is 14.6. The molecule has 0 aromatic heterocycles. The van der Waals surface area contributed by atoms with E-state index in [0.717, 1.165) is 45.5 Å². The molecule has 0 spiro atoms. The zero-order valence-corrected chi connectivity index (χ0v) is 11.8. The maximum Gasteiger partial charge on any atom is 0.252 e. The summed E-state index contributed by atoms with van der Waals surface area (Å²) >= 11 is 0. The number of amides is 1. The molecule has 0 bridgehead atoms. The van der Waals surface area contributed by atoms with Crippen molar-refractivity contribution in [1.82, 2.24) is 10.2 Å². The maximum absolute atomic E-state index is 12.6. The van der Waals surface area contributed by atoms with E-state index in [9.17, 15) is 4.79 Å². The fourth-order valence-corrected chi connectivity index (χ4v) is 3.08. The van der Waals surface area contributed by atoms with Gasteiger partial charge in [-0.2, -0.15) is 0 Å². The first-order valence-electron chi connectivity index (χ1n) is 7.51. The fraction of sp³-hybridized carbons (Fsp3) is 0.562. The SMILES string of the molecule is O=C(C1CCCO1)N1CCNCC1Cc1ccccc1. The molecule has 2 fully saturated rings. The first kappa shape index (κ1) is 13.6. The Bertz CT molecular complexity index is 443. The maximum atomic E-state index is 12.6. The molecule has 108 valence electrons.